The second-order valence-electron chi connectivity index (χ2n) is 9.63. The topological polar surface area (TPSA) is 43.5 Å². The van der Waals surface area contributed by atoms with Gasteiger partial charge in [-0.05, 0) is 107 Å². The Labute approximate surface area is 202 Å². The van der Waals surface area contributed by atoms with Crippen LogP contribution in [-0.4, -0.2) is 40.2 Å². The van der Waals surface area contributed by atoms with Gasteiger partial charge < -0.3 is 15.2 Å². The highest BCUT2D eigenvalue weighted by Gasteiger charge is 2.31. The van der Waals surface area contributed by atoms with Crippen molar-refractivity contribution in [2.24, 2.45) is 0 Å². The van der Waals surface area contributed by atoms with E-state index in [4.69, 9.17) is 17.1 Å². The highest BCUT2D eigenvalue weighted by atomic mass is 32.1. The van der Waals surface area contributed by atoms with E-state index in [1.165, 1.54) is 61.7 Å². The number of thiocarbonyl (C=S) groups is 1. The summed E-state index contributed by atoms with van der Waals surface area (Å²) in [5.74, 6) is 0.616. The molecule has 2 aliphatic rings. The molecule has 1 aromatic heterocycles. The van der Waals surface area contributed by atoms with Crippen LogP contribution in [0.5, 0.6) is 0 Å². The monoisotopic (exact) mass is 462 g/mol. The van der Waals surface area contributed by atoms with Crippen LogP contribution in [0.3, 0.4) is 0 Å². The molecule has 2 saturated heterocycles. The van der Waals surface area contributed by atoms with E-state index in [-0.39, 0.29) is 6.10 Å². The summed E-state index contributed by atoms with van der Waals surface area (Å²) in [6, 6.07) is 17.2. The normalized spacial score (nSPS) is 21.2. The number of aromatic amines is 1. The number of nitrogens with zero attached hydrogens (tertiary/aromatic N) is 2. The molecule has 0 radical (unpaired) electrons. The highest BCUT2D eigenvalue weighted by molar-refractivity contribution is 7.80. The van der Waals surface area contributed by atoms with Crippen molar-refractivity contribution >= 4 is 39.6 Å². The van der Waals surface area contributed by atoms with Crippen LogP contribution in [0.25, 0.3) is 10.9 Å². The fraction of sp³-hybridized carbons (Fsp3) is 0.444. The van der Waals surface area contributed by atoms with Crippen LogP contribution in [0, 0.1) is 0 Å². The number of hydroxylamine groups is 1. The molecular weight excluding hydrogens is 428 g/mol. The molecule has 0 saturated carbocycles. The first kappa shape index (κ1) is 22.4. The van der Waals surface area contributed by atoms with E-state index in [0.717, 1.165) is 17.4 Å². The van der Waals surface area contributed by atoms with Crippen molar-refractivity contribution in [3.63, 3.8) is 0 Å². The van der Waals surface area contributed by atoms with Crippen molar-refractivity contribution < 1.29 is 4.84 Å². The Bertz CT molecular complexity index is 1100. The number of piperidine rings is 2. The van der Waals surface area contributed by atoms with Gasteiger partial charge in [-0.15, -0.1) is 0 Å². The maximum absolute atomic E-state index is 6.03. The van der Waals surface area contributed by atoms with Crippen LogP contribution >= 0.6 is 12.2 Å². The molecule has 33 heavy (non-hydrogen) atoms. The molecule has 2 aliphatic heterocycles. The first-order valence-electron chi connectivity index (χ1n) is 12.3. The number of hydrogen-bond acceptors (Lipinski definition) is 3. The molecule has 174 valence electrons. The summed E-state index contributed by atoms with van der Waals surface area (Å²) in [4.78, 5) is 12.2. The van der Waals surface area contributed by atoms with E-state index in [1.54, 1.807) is 5.06 Å². The molecule has 0 bridgehead atoms. The van der Waals surface area contributed by atoms with Crippen LogP contribution in [0.1, 0.15) is 57.4 Å². The van der Waals surface area contributed by atoms with Gasteiger partial charge in [0.05, 0.1) is 11.8 Å². The molecule has 3 aromatic rings. The van der Waals surface area contributed by atoms with Crippen LogP contribution in [0.4, 0.5) is 11.4 Å². The molecule has 0 aliphatic carbocycles. The molecule has 5 rings (SSSR count). The van der Waals surface area contributed by atoms with E-state index in [0.29, 0.717) is 11.0 Å². The lowest BCUT2D eigenvalue weighted by Gasteiger charge is -2.42. The minimum absolute atomic E-state index is 0.00867. The quantitative estimate of drug-likeness (QED) is 0.337. The highest BCUT2D eigenvalue weighted by Crippen LogP contribution is 2.39. The Hall–Kier alpha value is -2.41. The van der Waals surface area contributed by atoms with Crippen molar-refractivity contribution in [1.82, 2.24) is 9.88 Å². The van der Waals surface area contributed by atoms with Crippen LogP contribution < -0.4 is 10.4 Å². The van der Waals surface area contributed by atoms with Gasteiger partial charge in [-0.25, -0.2) is 0 Å². The molecule has 2 N–H and O–H groups in total. The number of benzene rings is 2. The van der Waals surface area contributed by atoms with Gasteiger partial charge in [0, 0.05) is 28.8 Å². The lowest BCUT2D eigenvalue weighted by Crippen LogP contribution is -2.44. The Morgan fingerprint density at radius 1 is 1.12 bits per heavy atom. The van der Waals surface area contributed by atoms with Crippen molar-refractivity contribution in [3.8, 4) is 0 Å². The molecule has 2 atom stereocenters. The zero-order valence-electron chi connectivity index (χ0n) is 19.6. The SMILES string of the molecule is CC(C)ON(C(=S)Nc1ccc2[nH]cc(C3CCN4CCCCC4C3)c2c1)c1ccccc1. The number of fused-ring (bicyclic) bond motifs is 2. The molecule has 3 heterocycles. The summed E-state index contributed by atoms with van der Waals surface area (Å²) < 4.78 is 0. The predicted octanol–water partition coefficient (Wildman–Crippen LogP) is 6.44. The summed E-state index contributed by atoms with van der Waals surface area (Å²) in [6.45, 7) is 6.53. The Balaban J connectivity index is 1.36. The number of H-pyrrole nitrogens is 1. The van der Waals surface area contributed by atoms with Gasteiger partial charge in [0.15, 0.2) is 0 Å². The van der Waals surface area contributed by atoms with Crippen molar-refractivity contribution in [2.75, 3.05) is 23.5 Å². The number of nitrogens with one attached hydrogen (secondary N) is 2. The Kier molecular flexibility index (Phi) is 6.67. The lowest BCUT2D eigenvalue weighted by molar-refractivity contribution is 0.0867. The minimum Gasteiger partial charge on any atom is -0.361 e. The molecule has 2 aromatic carbocycles. The summed E-state index contributed by atoms with van der Waals surface area (Å²) in [6.07, 6.45) is 8.85. The van der Waals surface area contributed by atoms with Gasteiger partial charge in [0.25, 0.3) is 0 Å². The Morgan fingerprint density at radius 3 is 2.79 bits per heavy atom. The maximum atomic E-state index is 6.03. The first-order valence-corrected chi connectivity index (χ1v) is 12.7. The second kappa shape index (κ2) is 9.84. The fourth-order valence-electron chi connectivity index (χ4n) is 5.40. The number of aromatic nitrogens is 1. The third-order valence-corrected chi connectivity index (χ3v) is 7.23. The van der Waals surface area contributed by atoms with Gasteiger partial charge >= 0.3 is 0 Å². The van der Waals surface area contributed by atoms with Crippen molar-refractivity contribution in [3.05, 3.63) is 60.3 Å². The largest absolute Gasteiger partial charge is 0.361 e. The molecular formula is C27H34N4OS. The van der Waals surface area contributed by atoms with E-state index < -0.39 is 0 Å². The van der Waals surface area contributed by atoms with Crippen molar-refractivity contribution in [2.45, 2.75) is 64.0 Å². The zero-order valence-corrected chi connectivity index (χ0v) is 20.4. The van der Waals surface area contributed by atoms with Crippen molar-refractivity contribution in [1.29, 1.82) is 0 Å². The third-order valence-electron chi connectivity index (χ3n) is 6.97. The molecule has 0 amide bonds. The predicted molar refractivity (Wildman–Crippen MR) is 141 cm³/mol. The van der Waals surface area contributed by atoms with E-state index in [2.05, 4.69) is 39.6 Å². The number of rotatable bonds is 5. The number of hydrogen-bond donors (Lipinski definition) is 2. The average Bonchev–Trinajstić information content (AvgIpc) is 3.26. The zero-order chi connectivity index (χ0) is 22.8. The number of para-hydroxylation sites is 1. The van der Waals surface area contributed by atoms with E-state index in [9.17, 15) is 0 Å². The second-order valence-corrected chi connectivity index (χ2v) is 10.0. The molecule has 2 unspecified atom stereocenters. The standard InChI is InChI=1S/C27H34N4OS/c1-19(2)32-31(22-8-4-3-5-9-22)27(33)29-21-11-12-26-24(17-21)25(18-28-26)20-13-15-30-14-7-6-10-23(30)16-20/h3-5,8-9,11-12,17-20,23,28H,6-7,10,13-16H2,1-2H3,(H,29,33). The minimum atomic E-state index is 0.00867. The number of anilines is 2. The Morgan fingerprint density at radius 2 is 1.97 bits per heavy atom. The summed E-state index contributed by atoms with van der Waals surface area (Å²) in [5.41, 5.74) is 4.53. The molecule has 6 heteroatoms. The van der Waals surface area contributed by atoms with Gasteiger partial charge in [0.2, 0.25) is 5.11 Å². The summed E-state index contributed by atoms with van der Waals surface area (Å²) in [7, 11) is 0. The summed E-state index contributed by atoms with van der Waals surface area (Å²) in [5, 5.41) is 6.95. The van der Waals surface area contributed by atoms with Crippen LogP contribution in [0.2, 0.25) is 0 Å². The smallest absolute Gasteiger partial charge is 0.202 e. The fourth-order valence-corrected chi connectivity index (χ4v) is 5.67. The van der Waals surface area contributed by atoms with Gasteiger partial charge in [-0.2, -0.15) is 5.06 Å². The molecule has 0 spiro atoms. The average molecular weight is 463 g/mol. The van der Waals surface area contributed by atoms with Crippen LogP contribution in [0.15, 0.2) is 54.7 Å². The third kappa shape index (κ3) is 4.93. The lowest BCUT2D eigenvalue weighted by atomic mass is 9.82. The molecule has 2 fully saturated rings. The van der Waals surface area contributed by atoms with Gasteiger partial charge in [0.1, 0.15) is 0 Å². The maximum Gasteiger partial charge on any atom is 0.202 e. The molecule has 5 nitrogen and oxygen atoms in total. The van der Waals surface area contributed by atoms with E-state index >= 15 is 0 Å². The van der Waals surface area contributed by atoms with Gasteiger partial charge in [-0.3, -0.25) is 4.84 Å². The van der Waals surface area contributed by atoms with Gasteiger partial charge in [-0.1, -0.05) is 24.6 Å². The summed E-state index contributed by atoms with van der Waals surface area (Å²) >= 11 is 5.76. The van der Waals surface area contributed by atoms with E-state index in [1.807, 2.05) is 44.2 Å². The first-order chi connectivity index (χ1) is 16.1. The van der Waals surface area contributed by atoms with Crippen LogP contribution in [-0.2, 0) is 4.84 Å².